The van der Waals surface area contributed by atoms with Crippen molar-refractivity contribution in [2.24, 2.45) is 0 Å². The van der Waals surface area contributed by atoms with E-state index in [2.05, 4.69) is 15.2 Å². The van der Waals surface area contributed by atoms with Crippen LogP contribution in [0.5, 0.6) is 0 Å². The van der Waals surface area contributed by atoms with Crippen molar-refractivity contribution in [3.63, 3.8) is 0 Å². The van der Waals surface area contributed by atoms with Gasteiger partial charge >= 0.3 is 5.63 Å². The minimum atomic E-state index is -0.558. The highest BCUT2D eigenvalue weighted by Crippen LogP contribution is 2.38. The Morgan fingerprint density at radius 2 is 1.96 bits per heavy atom. The van der Waals surface area contributed by atoms with Crippen LogP contribution in [0.2, 0.25) is 0 Å². The van der Waals surface area contributed by atoms with Gasteiger partial charge in [0.05, 0.1) is 10.2 Å². The lowest BCUT2D eigenvalue weighted by Crippen LogP contribution is -2.09. The van der Waals surface area contributed by atoms with Gasteiger partial charge in [0, 0.05) is 33.5 Å². The molecule has 0 spiro atoms. The molecule has 0 aliphatic rings. The number of nitrogens with zero attached hydrogens (tertiary/aromatic N) is 2. The molecule has 27 heavy (non-hydrogen) atoms. The zero-order chi connectivity index (χ0) is 18.9. The average Bonchev–Trinajstić information content (AvgIpc) is 2.99. The summed E-state index contributed by atoms with van der Waals surface area (Å²) in [7, 11) is 0. The maximum atomic E-state index is 12.5. The summed E-state index contributed by atoms with van der Waals surface area (Å²) in [5.41, 5.74) is 3.43. The van der Waals surface area contributed by atoms with Crippen LogP contribution < -0.4 is 11.1 Å². The molecule has 0 bridgehead atoms. The van der Waals surface area contributed by atoms with Crippen LogP contribution >= 0.6 is 11.3 Å². The molecular formula is C20H15N3O3S. The Bertz CT molecular complexity index is 1530. The summed E-state index contributed by atoms with van der Waals surface area (Å²) in [6.45, 7) is 5.93. The quantitative estimate of drug-likeness (QED) is 0.353. The fourth-order valence-corrected chi connectivity index (χ4v) is 5.01. The first-order valence-electron chi connectivity index (χ1n) is 8.66. The number of H-pyrrole nitrogens is 1. The van der Waals surface area contributed by atoms with Crippen molar-refractivity contribution in [1.82, 2.24) is 15.2 Å². The third-order valence-electron chi connectivity index (χ3n) is 4.94. The average molecular weight is 377 g/mol. The summed E-state index contributed by atoms with van der Waals surface area (Å²) in [5, 5.41) is 9.76. The van der Waals surface area contributed by atoms with Gasteiger partial charge in [-0.3, -0.25) is 9.89 Å². The smallest absolute Gasteiger partial charge is 0.364 e. The highest BCUT2D eigenvalue weighted by atomic mass is 32.1. The van der Waals surface area contributed by atoms with E-state index < -0.39 is 5.63 Å². The molecule has 7 heteroatoms. The van der Waals surface area contributed by atoms with E-state index in [0.717, 1.165) is 37.1 Å². The van der Waals surface area contributed by atoms with Crippen LogP contribution in [0.4, 0.5) is 0 Å². The van der Waals surface area contributed by atoms with Crippen LogP contribution in [0, 0.1) is 13.8 Å². The zero-order valence-corrected chi connectivity index (χ0v) is 15.8. The lowest BCUT2D eigenvalue weighted by Gasteiger charge is -2.05. The van der Waals surface area contributed by atoms with Gasteiger partial charge in [0.1, 0.15) is 10.4 Å². The van der Waals surface area contributed by atoms with Gasteiger partial charge in [-0.05, 0) is 38.0 Å². The summed E-state index contributed by atoms with van der Waals surface area (Å²) in [6, 6.07) is 5.25. The van der Waals surface area contributed by atoms with E-state index in [0.29, 0.717) is 23.0 Å². The van der Waals surface area contributed by atoms with Crippen molar-refractivity contribution in [3.8, 4) is 0 Å². The van der Waals surface area contributed by atoms with Crippen molar-refractivity contribution >= 4 is 53.6 Å². The number of aryl methyl sites for hydroxylation is 3. The predicted octanol–water partition coefficient (Wildman–Crippen LogP) is 3.97. The van der Waals surface area contributed by atoms with Crippen molar-refractivity contribution in [2.75, 3.05) is 0 Å². The fraction of sp³-hybridized carbons (Fsp3) is 0.200. The third-order valence-corrected chi connectivity index (χ3v) is 6.04. The minimum Gasteiger partial charge on any atom is -0.421 e. The molecule has 4 heterocycles. The summed E-state index contributed by atoms with van der Waals surface area (Å²) >= 11 is 1.52. The van der Waals surface area contributed by atoms with Gasteiger partial charge in [-0.15, -0.1) is 11.3 Å². The highest BCUT2D eigenvalue weighted by molar-refractivity contribution is 7.26. The van der Waals surface area contributed by atoms with E-state index in [1.165, 1.54) is 17.4 Å². The number of thiophene rings is 1. The number of nitrogens with one attached hydrogen (secondary N) is 1. The Morgan fingerprint density at radius 3 is 2.74 bits per heavy atom. The molecule has 4 aromatic heterocycles. The van der Waals surface area contributed by atoms with E-state index in [1.54, 1.807) is 0 Å². The van der Waals surface area contributed by atoms with Gasteiger partial charge in [0.15, 0.2) is 10.9 Å². The second kappa shape index (κ2) is 5.47. The molecule has 1 N–H and O–H groups in total. The Hall–Kier alpha value is -3.06. The number of fused-ring (bicyclic) bond motifs is 7. The number of rotatable bonds is 1. The second-order valence-corrected chi connectivity index (χ2v) is 7.71. The maximum absolute atomic E-state index is 12.5. The van der Waals surface area contributed by atoms with Crippen molar-refractivity contribution < 1.29 is 4.42 Å². The topological polar surface area (TPSA) is 88.9 Å². The fourth-order valence-electron chi connectivity index (χ4n) is 3.71. The molecule has 5 rings (SSSR count). The largest absolute Gasteiger partial charge is 0.421 e. The molecule has 0 amide bonds. The lowest BCUT2D eigenvalue weighted by molar-refractivity contribution is 0.566. The Kier molecular flexibility index (Phi) is 3.27. The number of aromatic nitrogens is 3. The maximum Gasteiger partial charge on any atom is 0.364 e. The first kappa shape index (κ1) is 16.1. The molecule has 6 nitrogen and oxygen atoms in total. The van der Waals surface area contributed by atoms with E-state index in [1.807, 2.05) is 32.9 Å². The lowest BCUT2D eigenvalue weighted by atomic mass is 10.1. The molecule has 0 saturated heterocycles. The first-order valence-corrected chi connectivity index (χ1v) is 9.48. The molecule has 0 radical (unpaired) electrons. The van der Waals surface area contributed by atoms with Crippen LogP contribution in [-0.2, 0) is 6.42 Å². The van der Waals surface area contributed by atoms with E-state index in [4.69, 9.17) is 4.42 Å². The number of pyridine rings is 1. The molecule has 0 atom stereocenters. The number of hydrogen-bond acceptors (Lipinski definition) is 6. The van der Waals surface area contributed by atoms with Crippen LogP contribution in [0.15, 0.2) is 32.2 Å². The van der Waals surface area contributed by atoms with Gasteiger partial charge in [0.2, 0.25) is 0 Å². The SMILES string of the molecule is CCc1cc2c(cc1=O)oc(=O)c1n[nH]c3c(sc4nc(C)cc(C)c43)c12. The molecule has 0 aliphatic carbocycles. The molecule has 0 saturated carbocycles. The Morgan fingerprint density at radius 1 is 1.15 bits per heavy atom. The summed E-state index contributed by atoms with van der Waals surface area (Å²) in [4.78, 5) is 30.2. The number of benzene rings is 1. The second-order valence-electron chi connectivity index (χ2n) is 6.71. The monoisotopic (exact) mass is 377 g/mol. The highest BCUT2D eigenvalue weighted by Gasteiger charge is 2.18. The predicted molar refractivity (Wildman–Crippen MR) is 108 cm³/mol. The van der Waals surface area contributed by atoms with Gasteiger partial charge in [-0.1, -0.05) is 6.92 Å². The van der Waals surface area contributed by atoms with Gasteiger partial charge < -0.3 is 4.42 Å². The number of aromatic amines is 1. The minimum absolute atomic E-state index is 0.122. The Labute approximate surface area is 156 Å². The van der Waals surface area contributed by atoms with Gasteiger partial charge in [0.25, 0.3) is 0 Å². The zero-order valence-electron chi connectivity index (χ0n) is 15.0. The number of hydrogen-bond donors (Lipinski definition) is 1. The molecule has 134 valence electrons. The molecule has 0 unspecified atom stereocenters. The third kappa shape index (κ3) is 2.18. The van der Waals surface area contributed by atoms with Crippen molar-refractivity contribution in [2.45, 2.75) is 27.2 Å². The van der Waals surface area contributed by atoms with Crippen LogP contribution in [-0.4, -0.2) is 15.2 Å². The van der Waals surface area contributed by atoms with Crippen molar-refractivity contribution in [1.29, 1.82) is 0 Å². The van der Waals surface area contributed by atoms with Crippen LogP contribution in [0.3, 0.4) is 0 Å². The summed E-state index contributed by atoms with van der Waals surface area (Å²) in [5.74, 6) is 0. The summed E-state index contributed by atoms with van der Waals surface area (Å²) in [6.07, 6.45) is 0.608. The van der Waals surface area contributed by atoms with Gasteiger partial charge in [-0.2, -0.15) is 5.10 Å². The van der Waals surface area contributed by atoms with Crippen molar-refractivity contribution in [3.05, 3.63) is 55.7 Å². The van der Waals surface area contributed by atoms with E-state index in [-0.39, 0.29) is 10.9 Å². The normalized spacial score (nSPS) is 12.0. The molecule has 1 aromatic carbocycles. The Balaban J connectivity index is 2.11. The first-order chi connectivity index (χ1) is 13.0. The summed E-state index contributed by atoms with van der Waals surface area (Å²) < 4.78 is 6.27. The van der Waals surface area contributed by atoms with E-state index >= 15 is 0 Å². The molecule has 0 fully saturated rings. The molecular weight excluding hydrogens is 362 g/mol. The standard InChI is InChI=1S/C20H15N3O3S/c1-4-10-6-11-13(7-12(10)24)26-20(25)17-15(11)18-16(22-23-17)14-8(2)5-9(3)21-19(14)27-18/h5-7,22H,4H2,1-3H3. The van der Waals surface area contributed by atoms with Gasteiger partial charge in [-0.25, -0.2) is 9.78 Å². The van der Waals surface area contributed by atoms with E-state index in [9.17, 15) is 9.59 Å². The van der Waals surface area contributed by atoms with Crippen LogP contribution in [0.1, 0.15) is 23.7 Å². The molecule has 0 aliphatic heterocycles. The molecule has 5 aromatic rings. The van der Waals surface area contributed by atoms with Crippen LogP contribution in [0.25, 0.3) is 42.3 Å².